The molecule has 0 saturated carbocycles. The first kappa shape index (κ1) is 10.6. The summed E-state index contributed by atoms with van der Waals surface area (Å²) in [5.41, 5.74) is 16.6. The second-order valence-corrected chi connectivity index (χ2v) is 2.67. The lowest BCUT2D eigenvalue weighted by atomic mass is 10.1. The van der Waals surface area contributed by atoms with Gasteiger partial charge in [0, 0.05) is 6.20 Å². The zero-order chi connectivity index (χ0) is 9.56. The van der Waals surface area contributed by atoms with E-state index in [1.54, 1.807) is 0 Å². The Morgan fingerprint density at radius 2 is 1.92 bits per heavy atom. The Morgan fingerprint density at radius 3 is 2.25 bits per heavy atom. The van der Waals surface area contributed by atoms with E-state index in [1.165, 1.54) is 5.56 Å². The van der Waals surface area contributed by atoms with Crippen LogP contribution in [0.2, 0.25) is 0 Å². The van der Waals surface area contributed by atoms with Crippen LogP contribution in [-0.4, -0.2) is 4.98 Å². The predicted molar refractivity (Wildman–Crippen MR) is 48.2 cm³/mol. The molecule has 0 atom stereocenters. The molecule has 4 nitrogen and oxygen atoms in total. The van der Waals surface area contributed by atoms with Crippen LogP contribution in [0, 0.1) is 11.1 Å². The van der Waals surface area contributed by atoms with E-state index in [-0.39, 0.29) is 0 Å². The summed E-state index contributed by atoms with van der Waals surface area (Å²) in [6.45, 7) is 4.26. The lowest BCUT2D eigenvalue weighted by Gasteiger charge is -2.02. The normalized spacial score (nSPS) is 8.92. The number of nitrogens with one attached hydrogen (secondary N) is 2. The molecule has 0 aliphatic heterocycles. The zero-order valence-electron chi connectivity index (χ0n) is 7.33. The fraction of sp³-hybridized carbons (Fsp3) is 0.375. The molecule has 1 aromatic heterocycles. The Kier molecular flexibility index (Phi) is 4.60. The van der Waals surface area contributed by atoms with Crippen LogP contribution < -0.4 is 5.73 Å². The average molecular weight is 166 g/mol. The van der Waals surface area contributed by atoms with Crippen LogP contribution in [0.15, 0.2) is 18.3 Å². The van der Waals surface area contributed by atoms with Gasteiger partial charge in [-0.15, -0.1) is 0 Å². The predicted octanol–water partition coefficient (Wildman–Crippen LogP) is 2.38. The number of anilines is 1. The SMILES string of the molecule is CC(C)c1ccc(N)nc1.N=N. The number of rotatable bonds is 1. The topological polar surface area (TPSA) is 86.6 Å². The number of pyridine rings is 1. The quantitative estimate of drug-likeness (QED) is 0.559. The molecule has 0 radical (unpaired) electrons. The third-order valence-corrected chi connectivity index (χ3v) is 1.48. The Bertz CT molecular complexity index is 217. The van der Waals surface area contributed by atoms with E-state index in [0.717, 1.165) is 0 Å². The highest BCUT2D eigenvalue weighted by Crippen LogP contribution is 2.12. The molecule has 0 saturated heterocycles. The van der Waals surface area contributed by atoms with Gasteiger partial charge in [-0.3, -0.25) is 0 Å². The molecule has 4 heteroatoms. The lowest BCUT2D eigenvalue weighted by molar-refractivity contribution is 0.859. The molecule has 12 heavy (non-hydrogen) atoms. The maximum atomic E-state index is 5.42. The minimum atomic E-state index is 0.535. The number of hydrogen-bond acceptors (Lipinski definition) is 4. The summed E-state index contributed by atoms with van der Waals surface area (Å²) >= 11 is 0. The van der Waals surface area contributed by atoms with E-state index in [0.29, 0.717) is 11.7 Å². The van der Waals surface area contributed by atoms with Gasteiger partial charge in [-0.25, -0.2) is 16.0 Å². The molecule has 1 rings (SSSR count). The molecular weight excluding hydrogens is 152 g/mol. The fourth-order valence-corrected chi connectivity index (χ4v) is 0.758. The molecule has 66 valence electrons. The van der Waals surface area contributed by atoms with Gasteiger partial charge in [0.25, 0.3) is 0 Å². The monoisotopic (exact) mass is 166 g/mol. The summed E-state index contributed by atoms with van der Waals surface area (Å²) in [6.07, 6.45) is 1.82. The third kappa shape index (κ3) is 3.09. The number of nitrogens with zero attached hydrogens (tertiary/aromatic N) is 1. The van der Waals surface area contributed by atoms with Crippen LogP contribution in [0.25, 0.3) is 0 Å². The Hall–Kier alpha value is -1.45. The molecule has 0 unspecified atom stereocenters. The standard InChI is InChI=1S/C8H12N2.H2N2/c1-6(2)7-3-4-8(9)10-5-7;1-2/h3-6H,1-2H3,(H2,9,10);1-2H. The largest absolute Gasteiger partial charge is 0.384 e. The molecular formula is C8H14N4. The first-order chi connectivity index (χ1) is 5.70. The maximum absolute atomic E-state index is 5.42. The molecule has 0 aliphatic carbocycles. The van der Waals surface area contributed by atoms with Crippen molar-refractivity contribution in [1.82, 2.24) is 4.98 Å². The van der Waals surface area contributed by atoms with E-state index < -0.39 is 0 Å². The number of hydrogen-bond donors (Lipinski definition) is 3. The molecule has 0 bridgehead atoms. The van der Waals surface area contributed by atoms with Gasteiger partial charge < -0.3 is 5.73 Å². The highest BCUT2D eigenvalue weighted by molar-refractivity contribution is 5.30. The van der Waals surface area contributed by atoms with Crippen molar-refractivity contribution in [1.29, 1.82) is 11.1 Å². The van der Waals surface area contributed by atoms with Crippen molar-refractivity contribution in [2.45, 2.75) is 19.8 Å². The van der Waals surface area contributed by atoms with Crippen molar-refractivity contribution in [2.24, 2.45) is 0 Å². The number of nitrogens with two attached hydrogens (primary N) is 1. The summed E-state index contributed by atoms with van der Waals surface area (Å²) < 4.78 is 0. The first-order valence-corrected chi connectivity index (χ1v) is 3.66. The number of aromatic nitrogens is 1. The van der Waals surface area contributed by atoms with Crippen LogP contribution >= 0.6 is 0 Å². The van der Waals surface area contributed by atoms with E-state index >= 15 is 0 Å². The zero-order valence-corrected chi connectivity index (χ0v) is 7.33. The second-order valence-electron chi connectivity index (χ2n) is 2.67. The summed E-state index contributed by atoms with van der Waals surface area (Å²) in [7, 11) is 0. The second kappa shape index (κ2) is 5.23. The average Bonchev–Trinajstić information content (AvgIpc) is 2.09. The lowest BCUT2D eigenvalue weighted by Crippen LogP contribution is -1.92. The Labute approximate surface area is 72.1 Å². The van der Waals surface area contributed by atoms with Crippen molar-refractivity contribution in [3.8, 4) is 0 Å². The Morgan fingerprint density at radius 1 is 1.33 bits per heavy atom. The summed E-state index contributed by atoms with van der Waals surface area (Å²) in [5, 5.41) is 0. The molecule has 4 N–H and O–H groups in total. The van der Waals surface area contributed by atoms with Crippen LogP contribution in [0.3, 0.4) is 0 Å². The molecule has 0 fully saturated rings. The van der Waals surface area contributed by atoms with Crippen molar-refractivity contribution in [2.75, 3.05) is 5.73 Å². The minimum Gasteiger partial charge on any atom is -0.384 e. The molecule has 0 amide bonds. The van der Waals surface area contributed by atoms with Crippen molar-refractivity contribution >= 4 is 5.82 Å². The smallest absolute Gasteiger partial charge is 0.123 e. The molecule has 0 aliphatic rings. The van der Waals surface area contributed by atoms with Gasteiger partial charge in [0.1, 0.15) is 5.82 Å². The van der Waals surface area contributed by atoms with Crippen molar-refractivity contribution in [3.05, 3.63) is 23.9 Å². The van der Waals surface area contributed by atoms with E-state index in [4.69, 9.17) is 16.8 Å². The first-order valence-electron chi connectivity index (χ1n) is 3.66. The molecule has 1 heterocycles. The van der Waals surface area contributed by atoms with Gasteiger partial charge in [-0.05, 0) is 17.5 Å². The molecule has 0 spiro atoms. The van der Waals surface area contributed by atoms with Gasteiger partial charge in [-0.2, -0.15) is 0 Å². The van der Waals surface area contributed by atoms with Gasteiger partial charge in [0.15, 0.2) is 0 Å². The summed E-state index contributed by atoms with van der Waals surface area (Å²) in [5.74, 6) is 1.12. The van der Waals surface area contributed by atoms with Crippen molar-refractivity contribution < 1.29 is 0 Å². The Balaban J connectivity index is 0.000000561. The van der Waals surface area contributed by atoms with E-state index in [9.17, 15) is 0 Å². The van der Waals surface area contributed by atoms with E-state index in [2.05, 4.69) is 18.8 Å². The van der Waals surface area contributed by atoms with Crippen LogP contribution in [0.1, 0.15) is 25.3 Å². The molecule has 0 aromatic carbocycles. The van der Waals surface area contributed by atoms with Crippen LogP contribution in [-0.2, 0) is 0 Å². The van der Waals surface area contributed by atoms with Gasteiger partial charge in [-0.1, -0.05) is 19.9 Å². The summed E-state index contributed by atoms with van der Waals surface area (Å²) in [4.78, 5) is 3.98. The summed E-state index contributed by atoms with van der Waals surface area (Å²) in [6, 6.07) is 3.84. The van der Waals surface area contributed by atoms with Gasteiger partial charge in [0.2, 0.25) is 0 Å². The van der Waals surface area contributed by atoms with Crippen LogP contribution in [0.5, 0.6) is 0 Å². The van der Waals surface area contributed by atoms with E-state index in [1.807, 2.05) is 18.3 Å². The third-order valence-electron chi connectivity index (χ3n) is 1.48. The van der Waals surface area contributed by atoms with Crippen LogP contribution in [0.4, 0.5) is 5.82 Å². The van der Waals surface area contributed by atoms with Gasteiger partial charge >= 0.3 is 0 Å². The maximum Gasteiger partial charge on any atom is 0.123 e. The highest BCUT2D eigenvalue weighted by atomic mass is 14.8. The fourth-order valence-electron chi connectivity index (χ4n) is 0.758. The van der Waals surface area contributed by atoms with Gasteiger partial charge in [0.05, 0.1) is 0 Å². The highest BCUT2D eigenvalue weighted by Gasteiger charge is 1.96. The minimum absolute atomic E-state index is 0.535. The van der Waals surface area contributed by atoms with Crippen molar-refractivity contribution in [3.63, 3.8) is 0 Å². The number of nitrogen functional groups attached to an aromatic ring is 1. The molecule has 1 aromatic rings.